The van der Waals surface area contributed by atoms with Gasteiger partial charge in [-0.25, -0.2) is 0 Å². The Morgan fingerprint density at radius 1 is 1.14 bits per heavy atom. The van der Waals surface area contributed by atoms with E-state index < -0.39 is 12.0 Å². The number of hydrogen-bond acceptors (Lipinski definition) is 7. The molecular formula is C26H24N4O4S. The third-order valence-electron chi connectivity index (χ3n) is 6.03. The van der Waals surface area contributed by atoms with Crippen LogP contribution in [0.1, 0.15) is 38.6 Å². The van der Waals surface area contributed by atoms with Gasteiger partial charge in [0.1, 0.15) is 0 Å². The molecule has 178 valence electrons. The van der Waals surface area contributed by atoms with Crippen molar-refractivity contribution in [2.75, 3.05) is 25.6 Å². The fourth-order valence-electron chi connectivity index (χ4n) is 4.43. The maximum absolute atomic E-state index is 13.8. The van der Waals surface area contributed by atoms with Crippen molar-refractivity contribution in [3.05, 3.63) is 87.9 Å². The minimum atomic E-state index is -0.584. The lowest BCUT2D eigenvalue weighted by Crippen LogP contribution is -2.47. The van der Waals surface area contributed by atoms with E-state index in [2.05, 4.69) is 15.5 Å². The molecule has 0 bridgehead atoms. The topological polar surface area (TPSA) is 97.6 Å². The Hall–Kier alpha value is -3.82. The summed E-state index contributed by atoms with van der Waals surface area (Å²) in [5.41, 5.74) is 2.69. The van der Waals surface area contributed by atoms with Gasteiger partial charge >= 0.3 is 0 Å². The fraction of sp³-hybridized carbons (Fsp3) is 0.231. The van der Waals surface area contributed by atoms with Gasteiger partial charge in [-0.3, -0.25) is 9.59 Å². The molecule has 2 atom stereocenters. The van der Waals surface area contributed by atoms with Crippen LogP contribution in [0.4, 0.5) is 5.69 Å². The van der Waals surface area contributed by atoms with Crippen molar-refractivity contribution >= 4 is 28.8 Å². The number of nitrogens with zero attached hydrogens (tertiary/aromatic N) is 3. The predicted molar refractivity (Wildman–Crippen MR) is 132 cm³/mol. The highest BCUT2D eigenvalue weighted by Crippen LogP contribution is 2.44. The van der Waals surface area contributed by atoms with E-state index in [0.717, 1.165) is 16.0 Å². The number of aryl methyl sites for hydroxylation is 1. The Kier molecular flexibility index (Phi) is 6.43. The number of thiophene rings is 1. The second kappa shape index (κ2) is 9.81. The summed E-state index contributed by atoms with van der Waals surface area (Å²) >= 11 is 1.53. The molecule has 0 saturated heterocycles. The van der Waals surface area contributed by atoms with E-state index in [1.54, 1.807) is 25.0 Å². The molecule has 9 heteroatoms. The maximum atomic E-state index is 13.8. The van der Waals surface area contributed by atoms with Crippen LogP contribution in [0.5, 0.6) is 0 Å². The summed E-state index contributed by atoms with van der Waals surface area (Å²) in [5.74, 6) is 0.111. The molecule has 0 fully saturated rings. The van der Waals surface area contributed by atoms with Gasteiger partial charge in [-0.15, -0.1) is 11.3 Å². The number of methoxy groups -OCH3 is 1. The largest absolute Gasteiger partial charge is 0.383 e. The minimum Gasteiger partial charge on any atom is -0.383 e. The molecule has 1 aliphatic heterocycles. The van der Waals surface area contributed by atoms with Gasteiger partial charge in [0.05, 0.1) is 18.6 Å². The summed E-state index contributed by atoms with van der Waals surface area (Å²) < 4.78 is 10.3. The predicted octanol–water partition coefficient (Wildman–Crippen LogP) is 4.67. The molecule has 1 N–H and O–H groups in total. The van der Waals surface area contributed by atoms with Crippen LogP contribution in [-0.2, 0) is 9.53 Å². The van der Waals surface area contributed by atoms with Crippen LogP contribution < -0.4 is 5.32 Å². The molecule has 4 aromatic rings. The van der Waals surface area contributed by atoms with E-state index in [9.17, 15) is 9.59 Å². The molecule has 2 aromatic heterocycles. The molecule has 0 aliphatic carbocycles. The first kappa shape index (κ1) is 22.9. The number of hydrogen-bond donors (Lipinski definition) is 1. The van der Waals surface area contributed by atoms with E-state index >= 15 is 0 Å². The van der Waals surface area contributed by atoms with Crippen molar-refractivity contribution in [2.45, 2.75) is 18.9 Å². The summed E-state index contributed by atoms with van der Waals surface area (Å²) in [6.07, 6.45) is 0. The van der Waals surface area contributed by atoms with E-state index in [4.69, 9.17) is 9.26 Å². The van der Waals surface area contributed by atoms with Crippen LogP contribution >= 0.6 is 11.3 Å². The first-order chi connectivity index (χ1) is 17.1. The van der Waals surface area contributed by atoms with Gasteiger partial charge in [0, 0.05) is 42.3 Å². The highest BCUT2D eigenvalue weighted by Gasteiger charge is 2.44. The number of amides is 2. The number of benzene rings is 2. The maximum Gasteiger partial charge on any atom is 0.254 e. The van der Waals surface area contributed by atoms with E-state index in [-0.39, 0.29) is 11.8 Å². The van der Waals surface area contributed by atoms with Crippen LogP contribution in [0.15, 0.2) is 70.6 Å². The quantitative estimate of drug-likeness (QED) is 0.406. The Bertz CT molecular complexity index is 1330. The fourth-order valence-corrected chi connectivity index (χ4v) is 5.30. The third kappa shape index (κ3) is 4.48. The summed E-state index contributed by atoms with van der Waals surface area (Å²) in [6, 6.07) is 18.1. The zero-order valence-electron chi connectivity index (χ0n) is 19.3. The van der Waals surface area contributed by atoms with Crippen molar-refractivity contribution in [1.82, 2.24) is 15.0 Å². The van der Waals surface area contributed by atoms with E-state index in [1.165, 1.54) is 11.3 Å². The highest BCUT2D eigenvalue weighted by molar-refractivity contribution is 7.10. The van der Waals surface area contributed by atoms with Crippen molar-refractivity contribution in [2.24, 2.45) is 0 Å². The van der Waals surface area contributed by atoms with Gasteiger partial charge in [0.2, 0.25) is 17.6 Å². The second-order valence-corrected chi connectivity index (χ2v) is 9.20. The van der Waals surface area contributed by atoms with Crippen LogP contribution in [-0.4, -0.2) is 47.1 Å². The molecule has 35 heavy (non-hydrogen) atoms. The average molecular weight is 489 g/mol. The van der Waals surface area contributed by atoms with Crippen LogP contribution in [0, 0.1) is 6.92 Å². The number of anilines is 1. The van der Waals surface area contributed by atoms with Gasteiger partial charge in [0.15, 0.2) is 0 Å². The first-order valence-corrected chi connectivity index (χ1v) is 12.1. The molecule has 0 spiro atoms. The molecule has 2 aromatic carbocycles. The lowest BCUT2D eigenvalue weighted by Gasteiger charge is -2.41. The molecular weight excluding hydrogens is 464 g/mol. The molecule has 1 aliphatic rings. The smallest absolute Gasteiger partial charge is 0.254 e. The molecule has 8 nitrogen and oxygen atoms in total. The van der Waals surface area contributed by atoms with Gasteiger partial charge in [0.25, 0.3) is 5.91 Å². The Morgan fingerprint density at radius 2 is 1.94 bits per heavy atom. The zero-order chi connectivity index (χ0) is 24.4. The molecule has 5 rings (SSSR count). The number of carbonyl (C=O) groups excluding carboxylic acids is 2. The van der Waals surface area contributed by atoms with Gasteiger partial charge in [-0.2, -0.15) is 4.98 Å². The summed E-state index contributed by atoms with van der Waals surface area (Å²) in [6.45, 7) is 2.49. The summed E-state index contributed by atoms with van der Waals surface area (Å²) in [7, 11) is 1.60. The average Bonchev–Trinajstić information content (AvgIpc) is 3.56. The molecule has 2 unspecified atom stereocenters. The van der Waals surface area contributed by atoms with Crippen molar-refractivity contribution in [1.29, 1.82) is 0 Å². The van der Waals surface area contributed by atoms with E-state index in [1.807, 2.05) is 60.0 Å². The summed E-state index contributed by atoms with van der Waals surface area (Å²) in [4.78, 5) is 34.2. The van der Waals surface area contributed by atoms with Gasteiger partial charge in [-0.05, 0) is 47.3 Å². The highest BCUT2D eigenvalue weighted by atomic mass is 32.1. The molecule has 0 radical (unpaired) electrons. The number of aromatic nitrogens is 2. The molecule has 3 heterocycles. The zero-order valence-corrected chi connectivity index (χ0v) is 20.1. The standard InChI is InChI=1S/C26H24N4O4S/c1-16-27-24(29-34-16)17-9-11-18(12-10-17)28-25(31)22-19-6-3-4-7-20(19)26(32)30(13-14-33-2)23(22)21-8-5-15-35-21/h3-12,15,22-23H,13-14H2,1-2H3,(H,28,31). The van der Waals surface area contributed by atoms with E-state index in [0.29, 0.717) is 36.1 Å². The number of rotatable bonds is 7. The first-order valence-electron chi connectivity index (χ1n) is 11.2. The van der Waals surface area contributed by atoms with Crippen LogP contribution in [0.2, 0.25) is 0 Å². The lowest BCUT2D eigenvalue weighted by atomic mass is 9.81. The van der Waals surface area contributed by atoms with Gasteiger partial charge < -0.3 is 19.5 Å². The number of fused-ring (bicyclic) bond motifs is 1. The molecule has 2 amide bonds. The lowest BCUT2D eigenvalue weighted by molar-refractivity contribution is -0.119. The molecule has 0 saturated carbocycles. The second-order valence-electron chi connectivity index (χ2n) is 8.22. The number of ether oxygens (including phenoxy) is 1. The van der Waals surface area contributed by atoms with Gasteiger partial charge in [-0.1, -0.05) is 29.4 Å². The van der Waals surface area contributed by atoms with Crippen molar-refractivity contribution in [3.8, 4) is 11.4 Å². The Morgan fingerprint density at radius 3 is 2.63 bits per heavy atom. The summed E-state index contributed by atoms with van der Waals surface area (Å²) in [5, 5.41) is 8.95. The van der Waals surface area contributed by atoms with Crippen molar-refractivity contribution < 1.29 is 18.8 Å². The van der Waals surface area contributed by atoms with Crippen LogP contribution in [0.3, 0.4) is 0 Å². The Balaban J connectivity index is 1.49. The Labute approximate surface area is 206 Å². The van der Waals surface area contributed by atoms with Crippen molar-refractivity contribution in [3.63, 3.8) is 0 Å². The minimum absolute atomic E-state index is 0.0974. The monoisotopic (exact) mass is 488 g/mol. The van der Waals surface area contributed by atoms with Crippen LogP contribution in [0.25, 0.3) is 11.4 Å². The third-order valence-corrected chi connectivity index (χ3v) is 6.97. The number of carbonyl (C=O) groups is 2. The normalized spacial score (nSPS) is 17.3. The SMILES string of the molecule is COCCN1C(=O)c2ccccc2C(C(=O)Nc2ccc(-c3noc(C)n3)cc2)C1c1cccs1. The number of nitrogens with one attached hydrogen (secondary N) is 1.